The van der Waals surface area contributed by atoms with E-state index in [2.05, 4.69) is 20.9 Å². The third kappa shape index (κ3) is 4.16. The number of hydrogen-bond acceptors (Lipinski definition) is 4. The molecular weight excluding hydrogens is 335 g/mol. The fourth-order valence-electron chi connectivity index (χ4n) is 2.84. The van der Waals surface area contributed by atoms with Crippen molar-refractivity contribution in [3.05, 3.63) is 41.7 Å². The van der Waals surface area contributed by atoms with Crippen molar-refractivity contribution in [1.82, 2.24) is 25.6 Å². The van der Waals surface area contributed by atoms with Crippen molar-refractivity contribution in [2.24, 2.45) is 5.92 Å². The van der Waals surface area contributed by atoms with E-state index >= 15 is 0 Å². The summed E-state index contributed by atoms with van der Waals surface area (Å²) in [6.45, 7) is 2.43. The number of carbonyl (C=O) groups is 1. The van der Waals surface area contributed by atoms with Crippen LogP contribution < -0.4 is 10.6 Å². The molecule has 1 atom stereocenters. The van der Waals surface area contributed by atoms with Gasteiger partial charge in [-0.3, -0.25) is 4.79 Å². The summed E-state index contributed by atoms with van der Waals surface area (Å²) in [5.74, 6) is 0.0938. The topological polar surface area (TPSA) is 71.8 Å². The molecule has 0 radical (unpaired) electrons. The molecule has 1 aliphatic heterocycles. The van der Waals surface area contributed by atoms with Gasteiger partial charge in [-0.25, -0.2) is 4.68 Å². The molecule has 0 bridgehead atoms. The first-order chi connectivity index (χ1) is 11.9. The van der Waals surface area contributed by atoms with E-state index in [0.29, 0.717) is 12.5 Å². The molecule has 2 N–H and O–H groups in total. The lowest BCUT2D eigenvalue weighted by Crippen LogP contribution is -2.26. The Hall–Kier alpha value is -2.42. The average molecular weight is 353 g/mol. The monoisotopic (exact) mass is 353 g/mol. The maximum atomic E-state index is 13.1. The van der Waals surface area contributed by atoms with E-state index in [1.807, 2.05) is 0 Å². The molecule has 25 heavy (non-hydrogen) atoms. The number of nitrogens with one attached hydrogen (secondary N) is 2. The van der Waals surface area contributed by atoms with Crippen LogP contribution in [0.5, 0.6) is 0 Å². The lowest BCUT2D eigenvalue weighted by molar-refractivity contribution is -0.137. The Balaban J connectivity index is 1.67. The molecule has 6 nitrogen and oxygen atoms in total. The van der Waals surface area contributed by atoms with Crippen LogP contribution >= 0.6 is 0 Å². The number of nitrogens with zero attached hydrogens (tertiary/aromatic N) is 3. The third-order valence-corrected chi connectivity index (χ3v) is 4.18. The summed E-state index contributed by atoms with van der Waals surface area (Å²) in [5, 5.41) is 13.3. The minimum Gasteiger partial charge on any atom is -0.351 e. The van der Waals surface area contributed by atoms with E-state index in [-0.39, 0.29) is 11.4 Å². The van der Waals surface area contributed by atoms with Crippen LogP contribution in [-0.4, -0.2) is 40.5 Å². The van der Waals surface area contributed by atoms with E-state index in [0.717, 1.165) is 36.7 Å². The summed E-state index contributed by atoms with van der Waals surface area (Å²) in [6, 6.07) is 5.02. The second-order valence-corrected chi connectivity index (χ2v) is 5.97. The maximum absolute atomic E-state index is 13.1. The zero-order valence-electron chi connectivity index (χ0n) is 13.4. The summed E-state index contributed by atoms with van der Waals surface area (Å²) in [6.07, 6.45) is -1.37. The van der Waals surface area contributed by atoms with Crippen molar-refractivity contribution in [1.29, 1.82) is 0 Å². The number of rotatable bonds is 5. The Bertz CT molecular complexity index is 737. The van der Waals surface area contributed by atoms with Crippen molar-refractivity contribution in [2.75, 3.05) is 19.6 Å². The van der Waals surface area contributed by atoms with Gasteiger partial charge in [-0.1, -0.05) is 17.3 Å². The number of benzene rings is 1. The van der Waals surface area contributed by atoms with Gasteiger partial charge in [0.05, 0.1) is 17.4 Å². The van der Waals surface area contributed by atoms with Gasteiger partial charge in [0, 0.05) is 6.54 Å². The first-order valence-electron chi connectivity index (χ1n) is 8.03. The standard InChI is InChI=1S/C16H18F3N5O/c17-16(18,19)12-3-1-2-4-14(12)24-10-13(22-23-24)15(25)21-8-6-11-5-7-20-9-11/h1-4,10-11,20H,5-9H2,(H,21,25). The molecule has 3 rings (SSSR count). The maximum Gasteiger partial charge on any atom is 0.418 e. The molecule has 0 saturated carbocycles. The van der Waals surface area contributed by atoms with Crippen molar-refractivity contribution >= 4 is 5.91 Å². The van der Waals surface area contributed by atoms with Gasteiger partial charge in [0.2, 0.25) is 0 Å². The summed E-state index contributed by atoms with van der Waals surface area (Å²) >= 11 is 0. The largest absolute Gasteiger partial charge is 0.418 e. The fraction of sp³-hybridized carbons (Fsp3) is 0.438. The molecule has 1 fully saturated rings. The predicted molar refractivity (Wildman–Crippen MR) is 84.3 cm³/mol. The molecule has 134 valence electrons. The second-order valence-electron chi connectivity index (χ2n) is 5.97. The number of amides is 1. The average Bonchev–Trinajstić information content (AvgIpc) is 3.26. The Kier molecular flexibility index (Phi) is 5.03. The second kappa shape index (κ2) is 7.22. The first kappa shape index (κ1) is 17.4. The third-order valence-electron chi connectivity index (χ3n) is 4.18. The molecule has 0 spiro atoms. The van der Waals surface area contributed by atoms with Crippen LogP contribution in [0, 0.1) is 5.92 Å². The number of aromatic nitrogens is 3. The van der Waals surface area contributed by atoms with Gasteiger partial charge in [-0.2, -0.15) is 13.2 Å². The first-order valence-corrected chi connectivity index (χ1v) is 8.03. The molecule has 9 heteroatoms. The fourth-order valence-corrected chi connectivity index (χ4v) is 2.84. The molecule has 1 unspecified atom stereocenters. The molecule has 1 saturated heterocycles. The Morgan fingerprint density at radius 2 is 2.16 bits per heavy atom. The van der Waals surface area contributed by atoms with Crippen LogP contribution in [-0.2, 0) is 6.18 Å². The molecule has 1 aromatic heterocycles. The SMILES string of the molecule is O=C(NCCC1CCNC1)c1cn(-c2ccccc2C(F)(F)F)nn1. The lowest BCUT2D eigenvalue weighted by atomic mass is 10.1. The number of para-hydroxylation sites is 1. The lowest BCUT2D eigenvalue weighted by Gasteiger charge is -2.11. The van der Waals surface area contributed by atoms with Crippen LogP contribution in [0.15, 0.2) is 30.5 Å². The van der Waals surface area contributed by atoms with E-state index in [9.17, 15) is 18.0 Å². The predicted octanol–water partition coefficient (Wildman–Crippen LogP) is 2.02. The normalized spacial score (nSPS) is 17.6. The van der Waals surface area contributed by atoms with Crippen LogP contribution in [0.3, 0.4) is 0 Å². The Labute approximate surface area is 142 Å². The molecule has 1 amide bonds. The molecule has 2 heterocycles. The van der Waals surface area contributed by atoms with Gasteiger partial charge < -0.3 is 10.6 Å². The van der Waals surface area contributed by atoms with Gasteiger partial charge in [0.1, 0.15) is 0 Å². The minimum atomic E-state index is -4.51. The number of carbonyl (C=O) groups excluding carboxylic acids is 1. The zero-order chi connectivity index (χ0) is 17.9. The van der Waals surface area contributed by atoms with E-state index in [4.69, 9.17) is 0 Å². The van der Waals surface area contributed by atoms with Crippen LogP contribution in [0.1, 0.15) is 28.9 Å². The van der Waals surface area contributed by atoms with E-state index in [1.165, 1.54) is 24.4 Å². The van der Waals surface area contributed by atoms with E-state index in [1.54, 1.807) is 0 Å². The number of alkyl halides is 3. The van der Waals surface area contributed by atoms with Gasteiger partial charge >= 0.3 is 6.18 Å². The minimum absolute atomic E-state index is 0.0125. The van der Waals surface area contributed by atoms with Gasteiger partial charge in [-0.15, -0.1) is 5.10 Å². The van der Waals surface area contributed by atoms with Gasteiger partial charge in [-0.05, 0) is 44.0 Å². The van der Waals surface area contributed by atoms with Crippen LogP contribution in [0.2, 0.25) is 0 Å². The zero-order valence-corrected chi connectivity index (χ0v) is 13.4. The number of hydrogen-bond donors (Lipinski definition) is 2. The smallest absolute Gasteiger partial charge is 0.351 e. The highest BCUT2D eigenvalue weighted by atomic mass is 19.4. The molecule has 2 aromatic rings. The highest BCUT2D eigenvalue weighted by molar-refractivity contribution is 5.91. The van der Waals surface area contributed by atoms with Crippen molar-refractivity contribution < 1.29 is 18.0 Å². The molecule has 1 aliphatic rings. The highest BCUT2D eigenvalue weighted by Gasteiger charge is 2.34. The summed E-state index contributed by atoms with van der Waals surface area (Å²) < 4.78 is 40.2. The molecule has 1 aromatic carbocycles. The van der Waals surface area contributed by atoms with Gasteiger partial charge in [0.25, 0.3) is 5.91 Å². The molecule has 0 aliphatic carbocycles. The summed E-state index contributed by atoms with van der Waals surface area (Å²) in [5.41, 5.74) is -1.01. The Morgan fingerprint density at radius 1 is 1.36 bits per heavy atom. The van der Waals surface area contributed by atoms with Gasteiger partial charge in [0.15, 0.2) is 5.69 Å². The highest BCUT2D eigenvalue weighted by Crippen LogP contribution is 2.33. The van der Waals surface area contributed by atoms with Crippen molar-refractivity contribution in [3.8, 4) is 5.69 Å². The van der Waals surface area contributed by atoms with Crippen LogP contribution in [0.25, 0.3) is 5.69 Å². The summed E-state index contributed by atoms with van der Waals surface area (Å²) in [7, 11) is 0. The quantitative estimate of drug-likeness (QED) is 0.863. The number of halogens is 3. The summed E-state index contributed by atoms with van der Waals surface area (Å²) in [4.78, 5) is 12.1. The van der Waals surface area contributed by atoms with E-state index < -0.39 is 17.6 Å². The Morgan fingerprint density at radius 3 is 2.88 bits per heavy atom. The van der Waals surface area contributed by atoms with Crippen molar-refractivity contribution in [2.45, 2.75) is 19.0 Å². The molecular formula is C16H18F3N5O. The van der Waals surface area contributed by atoms with Crippen molar-refractivity contribution in [3.63, 3.8) is 0 Å². The van der Waals surface area contributed by atoms with Crippen LogP contribution in [0.4, 0.5) is 13.2 Å².